The van der Waals surface area contributed by atoms with Gasteiger partial charge in [0.2, 0.25) is 5.91 Å². The Bertz CT molecular complexity index is 355. The molecule has 1 heterocycles. The number of aryl methyl sites for hydroxylation is 1. The lowest BCUT2D eigenvalue weighted by Crippen LogP contribution is -2.48. The number of rotatable bonds is 3. The van der Waals surface area contributed by atoms with Gasteiger partial charge in [0.15, 0.2) is 0 Å². The Balaban J connectivity index is 2.59. The normalized spacial score (nSPS) is 11.2. The highest BCUT2D eigenvalue weighted by Crippen LogP contribution is 2.03. The molecule has 1 aromatic rings. The van der Waals surface area contributed by atoms with Gasteiger partial charge < -0.3 is 11.1 Å². The number of hydrogen-bond acceptors (Lipinski definition) is 3. The molecule has 82 valence electrons. The zero-order chi connectivity index (χ0) is 11.5. The highest BCUT2D eigenvalue weighted by Gasteiger charge is 2.21. The van der Waals surface area contributed by atoms with Crippen molar-refractivity contribution in [3.63, 3.8) is 0 Å². The molecule has 1 amide bonds. The Morgan fingerprint density at radius 2 is 2.27 bits per heavy atom. The van der Waals surface area contributed by atoms with E-state index in [1.165, 1.54) is 0 Å². The number of amides is 1. The minimum absolute atomic E-state index is 0.174. The quantitative estimate of drug-likeness (QED) is 0.768. The summed E-state index contributed by atoms with van der Waals surface area (Å²) in [6, 6.07) is 3.83. The first-order valence-electron chi connectivity index (χ1n) is 4.89. The van der Waals surface area contributed by atoms with E-state index in [2.05, 4.69) is 10.3 Å². The van der Waals surface area contributed by atoms with Gasteiger partial charge in [-0.2, -0.15) is 0 Å². The summed E-state index contributed by atoms with van der Waals surface area (Å²) >= 11 is 0. The van der Waals surface area contributed by atoms with E-state index in [1.807, 2.05) is 19.1 Å². The minimum Gasteiger partial charge on any atom is -0.349 e. The smallest absolute Gasteiger partial charge is 0.239 e. The van der Waals surface area contributed by atoms with Crippen LogP contribution >= 0.6 is 0 Å². The molecule has 1 rings (SSSR count). The minimum atomic E-state index is -0.845. The molecule has 0 fully saturated rings. The van der Waals surface area contributed by atoms with E-state index in [9.17, 15) is 4.79 Å². The zero-order valence-electron chi connectivity index (χ0n) is 9.37. The van der Waals surface area contributed by atoms with Crippen molar-refractivity contribution in [2.75, 3.05) is 0 Å². The Kier molecular flexibility index (Phi) is 3.42. The molecule has 15 heavy (non-hydrogen) atoms. The first-order chi connectivity index (χ1) is 6.91. The number of carbonyl (C=O) groups excluding carboxylic acids is 1. The average molecular weight is 207 g/mol. The summed E-state index contributed by atoms with van der Waals surface area (Å²) in [5.74, 6) is -0.174. The second-order valence-electron chi connectivity index (χ2n) is 4.17. The van der Waals surface area contributed by atoms with E-state index in [0.29, 0.717) is 6.54 Å². The number of carbonyl (C=O) groups is 1. The fourth-order valence-electron chi connectivity index (χ4n) is 1.10. The maximum atomic E-state index is 11.5. The first kappa shape index (κ1) is 11.7. The van der Waals surface area contributed by atoms with Crippen LogP contribution in [0.15, 0.2) is 18.3 Å². The third kappa shape index (κ3) is 3.32. The van der Waals surface area contributed by atoms with Crippen LogP contribution in [0.25, 0.3) is 0 Å². The Hall–Kier alpha value is -1.42. The van der Waals surface area contributed by atoms with Gasteiger partial charge >= 0.3 is 0 Å². The summed E-state index contributed by atoms with van der Waals surface area (Å²) in [5, 5.41) is 2.75. The molecule has 0 radical (unpaired) electrons. The van der Waals surface area contributed by atoms with E-state index < -0.39 is 5.54 Å². The number of pyridine rings is 1. The van der Waals surface area contributed by atoms with Gasteiger partial charge in [-0.15, -0.1) is 0 Å². The number of hydrogen-bond donors (Lipinski definition) is 2. The van der Waals surface area contributed by atoms with E-state index in [1.54, 1.807) is 20.0 Å². The van der Waals surface area contributed by atoms with E-state index in [0.717, 1.165) is 11.3 Å². The predicted molar refractivity (Wildman–Crippen MR) is 59.1 cm³/mol. The van der Waals surface area contributed by atoms with Gasteiger partial charge in [0.1, 0.15) is 0 Å². The van der Waals surface area contributed by atoms with Crippen LogP contribution in [-0.2, 0) is 11.3 Å². The molecule has 1 aromatic heterocycles. The fraction of sp³-hybridized carbons (Fsp3) is 0.455. The molecule has 0 aliphatic rings. The van der Waals surface area contributed by atoms with Crippen LogP contribution in [0.4, 0.5) is 0 Å². The number of aromatic nitrogens is 1. The predicted octanol–water partition coefficient (Wildman–Crippen LogP) is 0.744. The van der Waals surface area contributed by atoms with Gasteiger partial charge in [-0.25, -0.2) is 0 Å². The van der Waals surface area contributed by atoms with Crippen molar-refractivity contribution in [3.8, 4) is 0 Å². The molecule has 4 heteroatoms. The number of nitrogens with zero attached hydrogens (tertiary/aromatic N) is 1. The number of nitrogens with one attached hydrogen (secondary N) is 1. The monoisotopic (exact) mass is 207 g/mol. The maximum absolute atomic E-state index is 11.5. The van der Waals surface area contributed by atoms with Crippen molar-refractivity contribution >= 4 is 5.91 Å². The van der Waals surface area contributed by atoms with Crippen molar-refractivity contribution in [2.45, 2.75) is 32.9 Å². The van der Waals surface area contributed by atoms with Crippen LogP contribution in [-0.4, -0.2) is 16.4 Å². The summed E-state index contributed by atoms with van der Waals surface area (Å²) in [5.41, 5.74) is 6.74. The molecule has 0 spiro atoms. The fourth-order valence-corrected chi connectivity index (χ4v) is 1.10. The molecular formula is C11H17N3O. The van der Waals surface area contributed by atoms with Crippen molar-refractivity contribution < 1.29 is 4.79 Å². The topological polar surface area (TPSA) is 68.0 Å². The van der Waals surface area contributed by atoms with Crippen molar-refractivity contribution in [1.29, 1.82) is 0 Å². The van der Waals surface area contributed by atoms with Crippen LogP contribution in [0.3, 0.4) is 0 Å². The largest absolute Gasteiger partial charge is 0.349 e. The molecule has 0 aliphatic heterocycles. The van der Waals surface area contributed by atoms with Crippen LogP contribution in [0, 0.1) is 6.92 Å². The average Bonchev–Trinajstić information content (AvgIpc) is 2.14. The molecule has 0 saturated carbocycles. The standard InChI is InChI=1S/C11H17N3O/c1-8-5-4-6-13-9(8)7-14-10(15)11(2,3)12/h4-6H,7,12H2,1-3H3,(H,14,15). The molecule has 4 nitrogen and oxygen atoms in total. The summed E-state index contributed by atoms with van der Waals surface area (Å²) in [6.07, 6.45) is 1.71. The second kappa shape index (κ2) is 4.40. The van der Waals surface area contributed by atoms with Gasteiger partial charge in [-0.3, -0.25) is 9.78 Å². The van der Waals surface area contributed by atoms with Crippen LogP contribution in [0.1, 0.15) is 25.1 Å². The van der Waals surface area contributed by atoms with Crippen molar-refractivity contribution in [2.24, 2.45) is 5.73 Å². The zero-order valence-corrected chi connectivity index (χ0v) is 9.37. The maximum Gasteiger partial charge on any atom is 0.239 e. The summed E-state index contributed by atoms with van der Waals surface area (Å²) in [6.45, 7) is 5.73. The lowest BCUT2D eigenvalue weighted by atomic mass is 10.1. The van der Waals surface area contributed by atoms with Gasteiger partial charge in [0.05, 0.1) is 17.8 Å². The molecular weight excluding hydrogens is 190 g/mol. The van der Waals surface area contributed by atoms with Crippen LogP contribution in [0.5, 0.6) is 0 Å². The summed E-state index contributed by atoms with van der Waals surface area (Å²) in [7, 11) is 0. The Morgan fingerprint density at radius 3 is 2.80 bits per heavy atom. The lowest BCUT2D eigenvalue weighted by Gasteiger charge is -2.17. The molecule has 0 bridgehead atoms. The molecule has 0 saturated heterocycles. The van der Waals surface area contributed by atoms with Crippen molar-refractivity contribution in [3.05, 3.63) is 29.6 Å². The third-order valence-electron chi connectivity index (χ3n) is 2.12. The van der Waals surface area contributed by atoms with Crippen molar-refractivity contribution in [1.82, 2.24) is 10.3 Å². The van der Waals surface area contributed by atoms with Crippen LogP contribution < -0.4 is 11.1 Å². The molecule has 0 aromatic carbocycles. The lowest BCUT2D eigenvalue weighted by molar-refractivity contribution is -0.125. The van der Waals surface area contributed by atoms with Gasteiger partial charge in [-0.1, -0.05) is 6.07 Å². The first-order valence-corrected chi connectivity index (χ1v) is 4.89. The van der Waals surface area contributed by atoms with E-state index in [4.69, 9.17) is 5.73 Å². The second-order valence-corrected chi connectivity index (χ2v) is 4.17. The molecule has 3 N–H and O–H groups in total. The third-order valence-corrected chi connectivity index (χ3v) is 2.12. The van der Waals surface area contributed by atoms with Gasteiger partial charge in [0, 0.05) is 6.20 Å². The highest BCUT2D eigenvalue weighted by atomic mass is 16.2. The van der Waals surface area contributed by atoms with Gasteiger partial charge in [0.25, 0.3) is 0 Å². The summed E-state index contributed by atoms with van der Waals surface area (Å²) in [4.78, 5) is 15.7. The highest BCUT2D eigenvalue weighted by molar-refractivity contribution is 5.84. The van der Waals surface area contributed by atoms with Gasteiger partial charge in [-0.05, 0) is 32.4 Å². The Labute approximate surface area is 89.9 Å². The number of nitrogens with two attached hydrogens (primary N) is 1. The van der Waals surface area contributed by atoms with E-state index in [-0.39, 0.29) is 5.91 Å². The molecule has 0 atom stereocenters. The molecule has 0 unspecified atom stereocenters. The Morgan fingerprint density at radius 1 is 1.60 bits per heavy atom. The SMILES string of the molecule is Cc1cccnc1CNC(=O)C(C)(C)N. The van der Waals surface area contributed by atoms with Crippen LogP contribution in [0.2, 0.25) is 0 Å². The summed E-state index contributed by atoms with van der Waals surface area (Å²) < 4.78 is 0. The molecule has 0 aliphatic carbocycles. The van der Waals surface area contributed by atoms with E-state index >= 15 is 0 Å².